The second-order valence-corrected chi connectivity index (χ2v) is 4.83. The SMILES string of the molecule is NCCCCNC(=O)CN1CCCCCCC1=O. The summed E-state index contributed by atoms with van der Waals surface area (Å²) in [6.45, 7) is 2.23. The van der Waals surface area contributed by atoms with Crippen LogP contribution in [0.4, 0.5) is 0 Å². The van der Waals surface area contributed by atoms with Crippen molar-refractivity contribution in [2.75, 3.05) is 26.2 Å². The molecule has 1 saturated heterocycles. The molecule has 0 aromatic carbocycles. The zero-order valence-corrected chi connectivity index (χ0v) is 11.1. The largest absolute Gasteiger partial charge is 0.355 e. The molecule has 0 aromatic rings. The second kappa shape index (κ2) is 8.91. The zero-order chi connectivity index (χ0) is 13.2. The quantitative estimate of drug-likeness (QED) is 0.684. The van der Waals surface area contributed by atoms with Crippen LogP contribution >= 0.6 is 0 Å². The summed E-state index contributed by atoms with van der Waals surface area (Å²) in [4.78, 5) is 25.2. The molecule has 0 aliphatic carbocycles. The van der Waals surface area contributed by atoms with E-state index >= 15 is 0 Å². The summed E-state index contributed by atoms with van der Waals surface area (Å²) in [5, 5.41) is 2.83. The van der Waals surface area contributed by atoms with Gasteiger partial charge >= 0.3 is 0 Å². The number of unbranched alkanes of at least 4 members (excludes halogenated alkanes) is 1. The predicted molar refractivity (Wildman–Crippen MR) is 71.0 cm³/mol. The molecule has 0 bridgehead atoms. The number of rotatable bonds is 6. The molecule has 5 heteroatoms. The molecule has 0 atom stereocenters. The Hall–Kier alpha value is -1.10. The smallest absolute Gasteiger partial charge is 0.239 e. The van der Waals surface area contributed by atoms with E-state index in [0.717, 1.165) is 45.1 Å². The minimum Gasteiger partial charge on any atom is -0.355 e. The fourth-order valence-corrected chi connectivity index (χ4v) is 2.11. The maximum Gasteiger partial charge on any atom is 0.239 e. The lowest BCUT2D eigenvalue weighted by Crippen LogP contribution is -2.41. The van der Waals surface area contributed by atoms with Crippen LogP contribution in [-0.2, 0) is 9.59 Å². The third-order valence-electron chi connectivity index (χ3n) is 3.21. The number of amides is 2. The Kier molecular flexibility index (Phi) is 7.41. The molecule has 1 aliphatic rings. The first-order valence-corrected chi connectivity index (χ1v) is 6.98. The molecule has 104 valence electrons. The first-order chi connectivity index (χ1) is 8.74. The number of nitrogens with two attached hydrogens (primary N) is 1. The topological polar surface area (TPSA) is 75.4 Å². The highest BCUT2D eigenvalue weighted by Crippen LogP contribution is 2.11. The Morgan fingerprint density at radius 2 is 2.00 bits per heavy atom. The molecule has 0 saturated carbocycles. The summed E-state index contributed by atoms with van der Waals surface area (Å²) in [6.07, 6.45) is 6.64. The standard InChI is InChI=1S/C13H25N3O2/c14-8-4-5-9-15-12(17)11-16-10-6-2-1-3-7-13(16)18/h1-11,14H2,(H,15,17). The van der Waals surface area contributed by atoms with Gasteiger partial charge in [-0.2, -0.15) is 0 Å². The lowest BCUT2D eigenvalue weighted by molar-refractivity contribution is -0.136. The van der Waals surface area contributed by atoms with Crippen LogP contribution in [0.1, 0.15) is 44.9 Å². The van der Waals surface area contributed by atoms with Crippen molar-refractivity contribution in [3.8, 4) is 0 Å². The van der Waals surface area contributed by atoms with E-state index in [1.807, 2.05) is 0 Å². The highest BCUT2D eigenvalue weighted by molar-refractivity contribution is 5.84. The van der Waals surface area contributed by atoms with E-state index in [9.17, 15) is 9.59 Å². The van der Waals surface area contributed by atoms with Gasteiger partial charge in [-0.05, 0) is 32.2 Å². The average molecular weight is 255 g/mol. The molecular weight excluding hydrogens is 230 g/mol. The van der Waals surface area contributed by atoms with Gasteiger partial charge in [0, 0.05) is 19.5 Å². The fourth-order valence-electron chi connectivity index (χ4n) is 2.11. The van der Waals surface area contributed by atoms with E-state index < -0.39 is 0 Å². The van der Waals surface area contributed by atoms with Crippen molar-refractivity contribution in [3.05, 3.63) is 0 Å². The van der Waals surface area contributed by atoms with Crippen LogP contribution in [0.25, 0.3) is 0 Å². The number of nitrogens with zero attached hydrogens (tertiary/aromatic N) is 1. The molecule has 1 rings (SSSR count). The second-order valence-electron chi connectivity index (χ2n) is 4.83. The monoisotopic (exact) mass is 255 g/mol. The van der Waals surface area contributed by atoms with E-state index in [1.165, 1.54) is 0 Å². The van der Waals surface area contributed by atoms with Crippen LogP contribution in [0.3, 0.4) is 0 Å². The maximum atomic E-state index is 11.8. The highest BCUT2D eigenvalue weighted by Gasteiger charge is 2.17. The van der Waals surface area contributed by atoms with Gasteiger partial charge in [-0.15, -0.1) is 0 Å². The zero-order valence-electron chi connectivity index (χ0n) is 11.1. The van der Waals surface area contributed by atoms with Gasteiger partial charge in [0.15, 0.2) is 0 Å². The van der Waals surface area contributed by atoms with Gasteiger partial charge in [-0.3, -0.25) is 9.59 Å². The number of likely N-dealkylation sites (tertiary alicyclic amines) is 1. The van der Waals surface area contributed by atoms with Crippen LogP contribution in [0.2, 0.25) is 0 Å². The molecule has 2 amide bonds. The molecule has 1 aliphatic heterocycles. The lowest BCUT2D eigenvalue weighted by atomic mass is 10.1. The Morgan fingerprint density at radius 3 is 2.78 bits per heavy atom. The van der Waals surface area contributed by atoms with Crippen molar-refractivity contribution >= 4 is 11.8 Å². The van der Waals surface area contributed by atoms with E-state index in [0.29, 0.717) is 19.5 Å². The number of hydrogen-bond donors (Lipinski definition) is 2. The van der Waals surface area contributed by atoms with Gasteiger partial charge in [0.25, 0.3) is 0 Å². The summed E-state index contributed by atoms with van der Waals surface area (Å²) in [6, 6.07) is 0. The van der Waals surface area contributed by atoms with Crippen molar-refractivity contribution in [1.29, 1.82) is 0 Å². The molecule has 0 unspecified atom stereocenters. The molecule has 1 fully saturated rings. The minimum atomic E-state index is -0.0547. The summed E-state index contributed by atoms with van der Waals surface area (Å²) in [7, 11) is 0. The summed E-state index contributed by atoms with van der Waals surface area (Å²) in [5.74, 6) is 0.0627. The molecular formula is C13H25N3O2. The molecule has 0 spiro atoms. The van der Waals surface area contributed by atoms with Gasteiger partial charge < -0.3 is 16.0 Å². The molecule has 1 heterocycles. The number of nitrogens with one attached hydrogen (secondary N) is 1. The van der Waals surface area contributed by atoms with E-state index in [4.69, 9.17) is 5.73 Å². The van der Waals surface area contributed by atoms with Crippen LogP contribution < -0.4 is 11.1 Å². The van der Waals surface area contributed by atoms with Crippen molar-refractivity contribution in [3.63, 3.8) is 0 Å². The van der Waals surface area contributed by atoms with Gasteiger partial charge in [0.1, 0.15) is 0 Å². The van der Waals surface area contributed by atoms with Crippen LogP contribution in [0, 0.1) is 0 Å². The Balaban J connectivity index is 2.25. The molecule has 18 heavy (non-hydrogen) atoms. The van der Waals surface area contributed by atoms with Crippen molar-refractivity contribution in [1.82, 2.24) is 10.2 Å². The van der Waals surface area contributed by atoms with Crippen LogP contribution in [0.5, 0.6) is 0 Å². The van der Waals surface area contributed by atoms with E-state index in [2.05, 4.69) is 5.32 Å². The summed E-state index contributed by atoms with van der Waals surface area (Å²) >= 11 is 0. The van der Waals surface area contributed by atoms with E-state index in [-0.39, 0.29) is 18.4 Å². The molecule has 0 radical (unpaired) electrons. The van der Waals surface area contributed by atoms with Crippen molar-refractivity contribution in [2.45, 2.75) is 44.9 Å². The molecule has 3 N–H and O–H groups in total. The Morgan fingerprint density at radius 1 is 1.22 bits per heavy atom. The molecule has 0 aromatic heterocycles. The minimum absolute atomic E-state index is 0.0547. The normalized spacial score (nSPS) is 17.2. The van der Waals surface area contributed by atoms with Crippen molar-refractivity contribution in [2.24, 2.45) is 5.73 Å². The van der Waals surface area contributed by atoms with Gasteiger partial charge in [-0.1, -0.05) is 12.8 Å². The van der Waals surface area contributed by atoms with Crippen molar-refractivity contribution < 1.29 is 9.59 Å². The lowest BCUT2D eigenvalue weighted by Gasteiger charge is -2.24. The van der Waals surface area contributed by atoms with Gasteiger partial charge in [0.2, 0.25) is 11.8 Å². The van der Waals surface area contributed by atoms with Crippen LogP contribution in [-0.4, -0.2) is 42.9 Å². The van der Waals surface area contributed by atoms with E-state index in [1.54, 1.807) is 4.90 Å². The predicted octanol–water partition coefficient (Wildman–Crippen LogP) is 0.634. The Bertz CT molecular complexity index is 269. The fraction of sp³-hybridized carbons (Fsp3) is 0.846. The summed E-state index contributed by atoms with van der Waals surface area (Å²) < 4.78 is 0. The third-order valence-corrected chi connectivity index (χ3v) is 3.21. The number of carbonyl (C=O) groups is 2. The maximum absolute atomic E-state index is 11.8. The Labute approximate surface area is 109 Å². The first kappa shape index (κ1) is 15.0. The van der Waals surface area contributed by atoms with Crippen LogP contribution in [0.15, 0.2) is 0 Å². The van der Waals surface area contributed by atoms with Gasteiger partial charge in [0.05, 0.1) is 6.54 Å². The van der Waals surface area contributed by atoms with Gasteiger partial charge in [-0.25, -0.2) is 0 Å². The number of carbonyl (C=O) groups excluding carboxylic acids is 2. The highest BCUT2D eigenvalue weighted by atomic mass is 16.2. The first-order valence-electron chi connectivity index (χ1n) is 6.98. The third kappa shape index (κ3) is 6.00. The summed E-state index contributed by atoms with van der Waals surface area (Å²) in [5.41, 5.74) is 5.38. The molecule has 5 nitrogen and oxygen atoms in total. The average Bonchev–Trinajstić information content (AvgIpc) is 2.34. The number of hydrogen-bond acceptors (Lipinski definition) is 3.